The van der Waals surface area contributed by atoms with E-state index >= 15 is 0 Å². The number of anilines is 2. The Morgan fingerprint density at radius 3 is 2.35 bits per heavy atom. The Balaban J connectivity index is 1.24. The number of fused-ring (bicyclic) bond motifs is 1. The Bertz CT molecular complexity index is 1250. The second-order valence-corrected chi connectivity index (χ2v) is 9.15. The summed E-state index contributed by atoms with van der Waals surface area (Å²) >= 11 is 0. The summed E-state index contributed by atoms with van der Waals surface area (Å²) in [4.78, 5) is 32.1. The van der Waals surface area contributed by atoms with E-state index in [1.165, 1.54) is 0 Å². The number of para-hydroxylation sites is 2. The number of ether oxygens (including phenoxy) is 2. The van der Waals surface area contributed by atoms with Gasteiger partial charge in [-0.05, 0) is 42.5 Å². The maximum absolute atomic E-state index is 13.2. The maximum atomic E-state index is 13.2. The van der Waals surface area contributed by atoms with E-state index in [4.69, 9.17) is 9.47 Å². The van der Waals surface area contributed by atoms with Gasteiger partial charge in [0.25, 0.3) is 11.8 Å². The largest absolute Gasteiger partial charge is 0.495 e. The van der Waals surface area contributed by atoms with Crippen LogP contribution < -0.4 is 15.0 Å². The van der Waals surface area contributed by atoms with Crippen LogP contribution in [0.3, 0.4) is 0 Å². The lowest BCUT2D eigenvalue weighted by Gasteiger charge is -2.36. The molecule has 0 bridgehead atoms. The molecule has 1 fully saturated rings. The number of hydrogen-bond donors (Lipinski definition) is 1. The predicted molar refractivity (Wildman–Crippen MR) is 143 cm³/mol. The Hall–Kier alpha value is -4.04. The van der Waals surface area contributed by atoms with Gasteiger partial charge in [-0.2, -0.15) is 0 Å². The SMILES string of the molecule is COCCN1C(=O)c2ccccc2C1Nc1ccc(C(=O)N2CCN(c3ccccc3OC)CC2)cc1. The quantitative estimate of drug-likeness (QED) is 0.506. The molecule has 1 saturated heterocycles. The monoisotopic (exact) mass is 500 g/mol. The maximum Gasteiger partial charge on any atom is 0.256 e. The zero-order valence-electron chi connectivity index (χ0n) is 21.2. The smallest absolute Gasteiger partial charge is 0.256 e. The fraction of sp³-hybridized carbons (Fsp3) is 0.310. The van der Waals surface area contributed by atoms with E-state index in [1.54, 1.807) is 19.1 Å². The topological polar surface area (TPSA) is 74.4 Å². The van der Waals surface area contributed by atoms with Crippen molar-refractivity contribution in [2.24, 2.45) is 0 Å². The molecule has 0 radical (unpaired) electrons. The number of hydrogen-bond acceptors (Lipinski definition) is 6. The zero-order valence-corrected chi connectivity index (χ0v) is 21.2. The summed E-state index contributed by atoms with van der Waals surface area (Å²) in [5.74, 6) is 0.858. The van der Waals surface area contributed by atoms with Crippen molar-refractivity contribution < 1.29 is 19.1 Å². The van der Waals surface area contributed by atoms with Crippen molar-refractivity contribution >= 4 is 23.2 Å². The first-order chi connectivity index (χ1) is 18.1. The van der Waals surface area contributed by atoms with Crippen LogP contribution in [-0.4, -0.2) is 75.2 Å². The molecule has 5 rings (SSSR count). The number of amides is 2. The summed E-state index contributed by atoms with van der Waals surface area (Å²) < 4.78 is 10.7. The fourth-order valence-corrected chi connectivity index (χ4v) is 5.04. The van der Waals surface area contributed by atoms with E-state index in [2.05, 4.69) is 16.3 Å². The van der Waals surface area contributed by atoms with Gasteiger partial charge in [-0.1, -0.05) is 30.3 Å². The highest BCUT2D eigenvalue weighted by molar-refractivity contribution is 5.99. The number of nitrogens with one attached hydrogen (secondary N) is 1. The van der Waals surface area contributed by atoms with Crippen LogP contribution in [0.5, 0.6) is 5.75 Å². The van der Waals surface area contributed by atoms with Gasteiger partial charge in [0.15, 0.2) is 0 Å². The second-order valence-electron chi connectivity index (χ2n) is 9.15. The lowest BCUT2D eigenvalue weighted by Crippen LogP contribution is -2.48. The highest BCUT2D eigenvalue weighted by atomic mass is 16.5. The number of benzene rings is 3. The summed E-state index contributed by atoms with van der Waals surface area (Å²) in [5, 5.41) is 3.47. The average Bonchev–Trinajstić information content (AvgIpc) is 3.22. The molecule has 1 atom stereocenters. The minimum absolute atomic E-state index is 0.00999. The van der Waals surface area contributed by atoms with E-state index < -0.39 is 0 Å². The first kappa shape index (κ1) is 24.6. The first-order valence-corrected chi connectivity index (χ1v) is 12.5. The van der Waals surface area contributed by atoms with E-state index in [0.717, 1.165) is 35.8 Å². The standard InChI is InChI=1S/C29H32N4O4/c1-36-20-19-33-27(23-7-3-4-8-24(23)29(33)35)30-22-13-11-21(12-14-22)28(34)32-17-15-31(16-18-32)25-9-5-6-10-26(25)37-2/h3-14,27,30H,15-20H2,1-2H3. The van der Waals surface area contributed by atoms with Gasteiger partial charge in [0.1, 0.15) is 11.9 Å². The molecule has 0 spiro atoms. The number of carbonyl (C=O) groups excluding carboxylic acids is 2. The van der Waals surface area contributed by atoms with E-state index in [0.29, 0.717) is 37.4 Å². The van der Waals surface area contributed by atoms with E-state index in [9.17, 15) is 9.59 Å². The van der Waals surface area contributed by atoms with Gasteiger partial charge in [-0.15, -0.1) is 0 Å². The van der Waals surface area contributed by atoms with Crippen molar-refractivity contribution in [1.82, 2.24) is 9.80 Å². The van der Waals surface area contributed by atoms with Crippen LogP contribution in [0.2, 0.25) is 0 Å². The summed E-state index contributed by atoms with van der Waals surface area (Å²) in [7, 11) is 3.31. The van der Waals surface area contributed by atoms with Crippen molar-refractivity contribution in [2.45, 2.75) is 6.17 Å². The third kappa shape index (κ3) is 4.97. The summed E-state index contributed by atoms with van der Waals surface area (Å²) in [5.41, 5.74) is 4.19. The van der Waals surface area contributed by atoms with Crippen molar-refractivity contribution in [2.75, 3.05) is 63.8 Å². The Labute approximate surface area is 217 Å². The van der Waals surface area contributed by atoms with Crippen LogP contribution in [0, 0.1) is 0 Å². The van der Waals surface area contributed by atoms with Gasteiger partial charge in [0, 0.05) is 62.2 Å². The molecule has 1 unspecified atom stereocenters. The van der Waals surface area contributed by atoms with Gasteiger partial charge in [-0.3, -0.25) is 9.59 Å². The second kappa shape index (κ2) is 10.9. The molecule has 1 N–H and O–H groups in total. The number of methoxy groups -OCH3 is 2. The summed E-state index contributed by atoms with van der Waals surface area (Å²) in [6, 6.07) is 23.1. The lowest BCUT2D eigenvalue weighted by molar-refractivity contribution is 0.0674. The van der Waals surface area contributed by atoms with Crippen molar-refractivity contribution in [1.29, 1.82) is 0 Å². The fourth-order valence-electron chi connectivity index (χ4n) is 5.04. The number of carbonyl (C=O) groups is 2. The van der Waals surface area contributed by atoms with Crippen molar-refractivity contribution in [3.8, 4) is 5.75 Å². The van der Waals surface area contributed by atoms with E-state index in [-0.39, 0.29) is 18.0 Å². The average molecular weight is 501 g/mol. The Morgan fingerprint density at radius 1 is 0.919 bits per heavy atom. The molecule has 2 heterocycles. The van der Waals surface area contributed by atoms with E-state index in [1.807, 2.05) is 71.6 Å². The highest BCUT2D eigenvalue weighted by Crippen LogP contribution is 2.34. The zero-order chi connectivity index (χ0) is 25.8. The summed E-state index contributed by atoms with van der Waals surface area (Å²) in [6.07, 6.45) is -0.288. The number of nitrogens with zero attached hydrogens (tertiary/aromatic N) is 3. The molecule has 3 aromatic rings. The molecular formula is C29H32N4O4. The molecule has 2 aliphatic heterocycles. The highest BCUT2D eigenvalue weighted by Gasteiger charge is 2.36. The van der Waals surface area contributed by atoms with Gasteiger partial charge >= 0.3 is 0 Å². The normalized spacial score (nSPS) is 17.1. The molecule has 2 aliphatic rings. The van der Waals surface area contributed by atoms with Gasteiger partial charge in [0.05, 0.1) is 19.4 Å². The van der Waals surface area contributed by atoms with Gasteiger partial charge in [-0.25, -0.2) is 0 Å². The minimum Gasteiger partial charge on any atom is -0.495 e. The third-order valence-corrected chi connectivity index (χ3v) is 7.02. The third-order valence-electron chi connectivity index (χ3n) is 7.02. The molecule has 8 nitrogen and oxygen atoms in total. The van der Waals surface area contributed by atoms with Crippen molar-refractivity contribution in [3.63, 3.8) is 0 Å². The number of piperazine rings is 1. The lowest BCUT2D eigenvalue weighted by atomic mass is 10.1. The molecular weight excluding hydrogens is 468 g/mol. The van der Waals surface area contributed by atoms with Crippen LogP contribution in [0.1, 0.15) is 32.4 Å². The van der Waals surface area contributed by atoms with Crippen LogP contribution >= 0.6 is 0 Å². The molecule has 192 valence electrons. The molecule has 0 aliphatic carbocycles. The van der Waals surface area contributed by atoms with Crippen LogP contribution in [-0.2, 0) is 4.74 Å². The first-order valence-electron chi connectivity index (χ1n) is 12.5. The van der Waals surface area contributed by atoms with Crippen LogP contribution in [0.4, 0.5) is 11.4 Å². The molecule has 2 amide bonds. The number of rotatable bonds is 8. The Morgan fingerprint density at radius 2 is 1.62 bits per heavy atom. The minimum atomic E-state index is -0.288. The summed E-state index contributed by atoms with van der Waals surface area (Å²) in [6.45, 7) is 3.73. The molecule has 37 heavy (non-hydrogen) atoms. The van der Waals surface area contributed by atoms with Gasteiger partial charge in [0.2, 0.25) is 0 Å². The molecule has 3 aromatic carbocycles. The van der Waals surface area contributed by atoms with Gasteiger partial charge < -0.3 is 29.5 Å². The molecule has 8 heteroatoms. The van der Waals surface area contributed by atoms with Crippen molar-refractivity contribution in [3.05, 3.63) is 89.5 Å². The Kier molecular flexibility index (Phi) is 7.28. The molecule has 0 saturated carbocycles. The van der Waals surface area contributed by atoms with Crippen LogP contribution in [0.25, 0.3) is 0 Å². The van der Waals surface area contributed by atoms with Crippen LogP contribution in [0.15, 0.2) is 72.8 Å². The molecule has 0 aromatic heterocycles. The predicted octanol–water partition coefficient (Wildman–Crippen LogP) is 3.87.